The molecule has 28 heavy (non-hydrogen) atoms. The van der Waals surface area contributed by atoms with Crippen molar-refractivity contribution < 1.29 is 51.3 Å². The van der Waals surface area contributed by atoms with E-state index in [2.05, 4.69) is 40.8 Å². The maximum absolute atomic E-state index is 13.0. The number of nitrogens with one attached hydrogen (secondary N) is 1. The van der Waals surface area contributed by atoms with E-state index in [-0.39, 0.29) is 62.9 Å². The summed E-state index contributed by atoms with van der Waals surface area (Å²) < 4.78 is 0. The van der Waals surface area contributed by atoms with Gasteiger partial charge in [0.25, 0.3) is 0 Å². The Morgan fingerprint density at radius 1 is 1.00 bits per heavy atom. The van der Waals surface area contributed by atoms with Crippen LogP contribution >= 0.6 is 0 Å². The first kappa shape index (κ1) is 26.5. The third-order valence-electron chi connectivity index (χ3n) is 9.04. The van der Waals surface area contributed by atoms with Crippen molar-refractivity contribution in [3.05, 3.63) is 28.0 Å². The second-order valence-electron chi connectivity index (χ2n) is 10.0. The number of allylic oxidation sites excluding steroid dienone is 4. The summed E-state index contributed by atoms with van der Waals surface area (Å²) in [4.78, 5) is 13.0. The SMILES string of the molecule is CC1=C(C)C(C)C(C2([SiH](C)C)C3CC4CC(C3)CC2(C([NH-])=O)C4)=C1C.[Cl-].[Cl-].[Ti+3]. The van der Waals surface area contributed by atoms with Crippen molar-refractivity contribution >= 4 is 14.7 Å². The van der Waals surface area contributed by atoms with E-state index in [0.717, 1.165) is 12.8 Å². The van der Waals surface area contributed by atoms with Crippen LogP contribution in [0, 0.1) is 29.1 Å². The minimum absolute atomic E-state index is 0. The van der Waals surface area contributed by atoms with Crippen LogP contribution in [0.4, 0.5) is 0 Å². The molecule has 0 aliphatic heterocycles. The van der Waals surface area contributed by atoms with E-state index in [9.17, 15) is 4.79 Å². The van der Waals surface area contributed by atoms with Crippen LogP contribution in [0.15, 0.2) is 22.3 Å². The fourth-order valence-corrected chi connectivity index (χ4v) is 12.1. The van der Waals surface area contributed by atoms with Gasteiger partial charge in [-0.2, -0.15) is 0 Å². The van der Waals surface area contributed by atoms with E-state index in [1.165, 1.54) is 36.0 Å². The van der Waals surface area contributed by atoms with Crippen LogP contribution in [0.1, 0.15) is 59.8 Å². The van der Waals surface area contributed by atoms with Gasteiger partial charge in [-0.1, -0.05) is 31.2 Å². The Hall–Kier alpha value is 0.461. The van der Waals surface area contributed by atoms with Crippen molar-refractivity contribution in [3.8, 4) is 0 Å². The van der Waals surface area contributed by atoms with E-state index < -0.39 is 8.80 Å². The Morgan fingerprint density at radius 2 is 1.50 bits per heavy atom. The molecule has 1 N–H and O–H groups in total. The largest absolute Gasteiger partial charge is 3.00 e. The zero-order valence-corrected chi connectivity index (χ0v) is 22.3. The molecule has 0 aromatic carbocycles. The Bertz CT molecular complexity index is 705. The van der Waals surface area contributed by atoms with Gasteiger partial charge in [0.05, 0.1) is 5.91 Å². The summed E-state index contributed by atoms with van der Waals surface area (Å²) in [5.41, 5.74) is 14.1. The second-order valence-corrected chi connectivity index (χ2v) is 13.3. The van der Waals surface area contributed by atoms with Crippen LogP contribution in [0.5, 0.6) is 0 Å². The molecular formula is C22H34Cl2NOSiTi. The summed E-state index contributed by atoms with van der Waals surface area (Å²) in [7, 11) is -1.21. The van der Waals surface area contributed by atoms with E-state index in [1.54, 1.807) is 5.57 Å². The maximum Gasteiger partial charge on any atom is 3.00 e. The third-order valence-corrected chi connectivity index (χ3v) is 12.2. The third kappa shape index (κ3) is 3.01. The number of hydrogen-bond acceptors (Lipinski definition) is 1. The first-order chi connectivity index (χ1) is 11.7. The van der Waals surface area contributed by atoms with Gasteiger partial charge >= 0.3 is 21.7 Å². The van der Waals surface area contributed by atoms with Gasteiger partial charge in [-0.25, -0.2) is 0 Å². The molecule has 5 aliphatic carbocycles. The second kappa shape index (κ2) is 8.54. The van der Waals surface area contributed by atoms with E-state index in [0.29, 0.717) is 23.7 Å². The maximum atomic E-state index is 13.0. The molecule has 0 spiro atoms. The Kier molecular flexibility index (Phi) is 8.08. The summed E-state index contributed by atoms with van der Waals surface area (Å²) in [5, 5.41) is 0.0434. The van der Waals surface area contributed by atoms with Gasteiger partial charge in [-0.3, -0.25) is 0 Å². The number of carbonyl (C=O) groups is 1. The molecule has 0 aromatic rings. The predicted molar refractivity (Wildman–Crippen MR) is 107 cm³/mol. The number of hydrogen-bond donors (Lipinski definition) is 0. The number of amides is 1. The molecule has 1 radical (unpaired) electrons. The van der Waals surface area contributed by atoms with Gasteiger partial charge in [0.1, 0.15) is 0 Å². The molecule has 4 fully saturated rings. The molecule has 4 atom stereocenters. The fraction of sp³-hybridized carbons (Fsp3) is 0.773. The molecule has 2 nitrogen and oxygen atoms in total. The van der Waals surface area contributed by atoms with Crippen LogP contribution in [-0.2, 0) is 26.5 Å². The van der Waals surface area contributed by atoms with Crippen LogP contribution in [-0.4, -0.2) is 14.7 Å². The zero-order chi connectivity index (χ0) is 18.3. The Balaban J connectivity index is 0.00000131. The van der Waals surface area contributed by atoms with Crippen molar-refractivity contribution in [2.24, 2.45) is 29.1 Å². The van der Waals surface area contributed by atoms with Crippen molar-refractivity contribution in [2.75, 3.05) is 0 Å². The molecule has 155 valence electrons. The minimum atomic E-state index is -1.21. The summed E-state index contributed by atoms with van der Waals surface area (Å²) in [6.45, 7) is 14.2. The topological polar surface area (TPSA) is 40.9 Å². The van der Waals surface area contributed by atoms with Gasteiger partial charge in [0.15, 0.2) is 0 Å². The molecule has 1 amide bonds. The molecule has 0 saturated heterocycles. The molecule has 0 aromatic heterocycles. The number of carbonyl (C=O) groups excluding carboxylic acids is 1. The van der Waals surface area contributed by atoms with Crippen molar-refractivity contribution in [1.29, 1.82) is 0 Å². The monoisotopic (exact) mass is 474 g/mol. The smallest absolute Gasteiger partial charge is 1.00 e. The molecule has 6 heteroatoms. The van der Waals surface area contributed by atoms with Gasteiger partial charge < -0.3 is 35.3 Å². The van der Waals surface area contributed by atoms with E-state index in [1.807, 2.05) is 0 Å². The summed E-state index contributed by atoms with van der Waals surface area (Å²) in [5.74, 6) is 2.32. The average molecular weight is 475 g/mol. The molecule has 5 aliphatic rings. The Morgan fingerprint density at radius 3 is 1.86 bits per heavy atom. The van der Waals surface area contributed by atoms with Crippen LogP contribution in [0.2, 0.25) is 18.1 Å². The zero-order valence-electron chi connectivity index (χ0n) is 18.1. The van der Waals surface area contributed by atoms with Gasteiger partial charge in [-0.15, -0.1) is 0 Å². The first-order valence-electron chi connectivity index (χ1n) is 10.3. The van der Waals surface area contributed by atoms with Crippen molar-refractivity contribution in [3.63, 3.8) is 0 Å². The molecular weight excluding hydrogens is 441 g/mol. The van der Waals surface area contributed by atoms with Crippen LogP contribution in [0.25, 0.3) is 5.73 Å². The summed E-state index contributed by atoms with van der Waals surface area (Å²) in [6, 6.07) is 0. The molecule has 5 rings (SSSR count). The predicted octanol–water partition coefficient (Wildman–Crippen LogP) is -0.0733. The van der Waals surface area contributed by atoms with Crippen LogP contribution in [0.3, 0.4) is 0 Å². The van der Waals surface area contributed by atoms with E-state index in [4.69, 9.17) is 5.73 Å². The summed E-state index contributed by atoms with van der Waals surface area (Å²) in [6.07, 6.45) is 5.98. The van der Waals surface area contributed by atoms with Crippen LogP contribution < -0.4 is 24.8 Å². The molecule has 4 saturated carbocycles. The van der Waals surface area contributed by atoms with Crippen molar-refractivity contribution in [1.82, 2.24) is 0 Å². The van der Waals surface area contributed by atoms with Crippen molar-refractivity contribution in [2.45, 2.75) is 77.9 Å². The van der Waals surface area contributed by atoms with Gasteiger partial charge in [-0.05, 0) is 92.7 Å². The average Bonchev–Trinajstić information content (AvgIpc) is 2.71. The molecule has 4 unspecified atom stereocenters. The quantitative estimate of drug-likeness (QED) is 0.527. The summed E-state index contributed by atoms with van der Waals surface area (Å²) >= 11 is 0. The normalized spacial score (nSPS) is 41.0. The molecule has 4 bridgehead atoms. The first-order valence-corrected chi connectivity index (χ1v) is 13.2. The van der Waals surface area contributed by atoms with E-state index >= 15 is 0 Å². The molecule has 0 heterocycles. The van der Waals surface area contributed by atoms with Gasteiger partial charge in [0, 0.05) is 14.2 Å². The number of rotatable bonds is 3. The standard InChI is InChI=1S/C22H35NOSi.2ClH.Ti/c1-12-13(2)15(4)19(14(12)3)22(25(5)6)18-8-16-7-17(9-18)11-21(22,10-16)20(23)24;;;/h14,16-18,25H,7-11H2,1-6H3,(H2,23,24);2*1H;/q;;;+3/p-3. The van der Waals surface area contributed by atoms with Gasteiger partial charge in [0.2, 0.25) is 0 Å². The Labute approximate surface area is 200 Å². The minimum Gasteiger partial charge on any atom is -1.00 e. The number of halogens is 2. The fourth-order valence-electron chi connectivity index (χ4n) is 8.29.